The quantitative estimate of drug-likeness (QED) is 0.780. The molecule has 0 saturated heterocycles. The lowest BCUT2D eigenvalue weighted by atomic mass is 9.93. The normalized spacial score (nSPS) is 16.3. The molecule has 0 N–H and O–H groups in total. The van der Waals surface area contributed by atoms with Gasteiger partial charge in [0, 0.05) is 24.0 Å². The molecule has 0 fully saturated rings. The third kappa shape index (κ3) is 3.04. The van der Waals surface area contributed by atoms with Gasteiger partial charge in [-0.2, -0.15) is 0 Å². The zero-order valence-corrected chi connectivity index (χ0v) is 13.0. The fraction of sp³-hybridized carbons (Fsp3) is 0.471. The monoisotopic (exact) mass is 287 g/mol. The van der Waals surface area contributed by atoms with Crippen LogP contribution in [0.2, 0.25) is 0 Å². The predicted octanol–water partition coefficient (Wildman–Crippen LogP) is 3.43. The molecular weight excluding hydrogens is 266 g/mol. The van der Waals surface area contributed by atoms with Crippen molar-refractivity contribution in [1.82, 2.24) is 0 Å². The summed E-state index contributed by atoms with van der Waals surface area (Å²) in [6.45, 7) is 8.00. The summed E-state index contributed by atoms with van der Waals surface area (Å²) in [5, 5.41) is 0. The van der Waals surface area contributed by atoms with E-state index in [0.29, 0.717) is 42.0 Å². The Bertz CT molecular complexity index is 580. The van der Waals surface area contributed by atoms with Crippen molar-refractivity contribution >= 4 is 17.5 Å². The van der Waals surface area contributed by atoms with E-state index in [-0.39, 0.29) is 17.1 Å². The first-order valence-electron chi connectivity index (χ1n) is 7.32. The number of carbonyl (C=O) groups excluding carboxylic acids is 2. The summed E-state index contributed by atoms with van der Waals surface area (Å²) < 4.78 is 5.67. The number of Topliss-reactive ketones (excluding diaryl/α,β-unsaturated/α-hetero) is 2. The third-order valence-corrected chi connectivity index (χ3v) is 3.49. The summed E-state index contributed by atoms with van der Waals surface area (Å²) in [4.78, 5) is 28.9. The average molecular weight is 287 g/mol. The minimum atomic E-state index is -0.329. The van der Waals surface area contributed by atoms with E-state index in [1.54, 1.807) is 18.2 Å². The molecule has 4 nitrogen and oxygen atoms in total. The zero-order chi connectivity index (χ0) is 15.6. The van der Waals surface area contributed by atoms with Gasteiger partial charge < -0.3 is 4.74 Å². The Morgan fingerprint density at radius 1 is 1.14 bits per heavy atom. The summed E-state index contributed by atoms with van der Waals surface area (Å²) in [6.07, 6.45) is 0.765. The van der Waals surface area contributed by atoms with Crippen molar-refractivity contribution in [3.05, 3.63) is 34.9 Å². The molecule has 1 aromatic carbocycles. The van der Waals surface area contributed by atoms with Crippen LogP contribution in [0.5, 0.6) is 0 Å². The lowest BCUT2D eigenvalue weighted by molar-refractivity contribution is 0.0987. The van der Waals surface area contributed by atoms with Crippen LogP contribution >= 0.6 is 0 Å². The first-order chi connectivity index (χ1) is 9.89. The maximum absolute atomic E-state index is 12.2. The van der Waals surface area contributed by atoms with Gasteiger partial charge in [-0.25, -0.2) is 4.99 Å². The molecule has 0 amide bonds. The van der Waals surface area contributed by atoms with Crippen LogP contribution in [0.15, 0.2) is 23.2 Å². The van der Waals surface area contributed by atoms with Gasteiger partial charge in [-0.1, -0.05) is 32.0 Å². The van der Waals surface area contributed by atoms with Crippen molar-refractivity contribution in [2.24, 2.45) is 4.99 Å². The van der Waals surface area contributed by atoms with Gasteiger partial charge in [0.05, 0.1) is 11.1 Å². The number of aliphatic imine (C=N–C) groups is 1. The Labute approximate surface area is 125 Å². The molecule has 0 aromatic heterocycles. The van der Waals surface area contributed by atoms with E-state index in [0.717, 1.165) is 0 Å². The van der Waals surface area contributed by atoms with Gasteiger partial charge in [0.1, 0.15) is 6.61 Å². The van der Waals surface area contributed by atoms with Gasteiger partial charge in [-0.15, -0.1) is 0 Å². The SMILES string of the molecule is CCC(=O)c1cccc(C(=O)CC)c1C1=NC(C)(C)CO1. The van der Waals surface area contributed by atoms with Crippen molar-refractivity contribution in [3.8, 4) is 0 Å². The van der Waals surface area contributed by atoms with Crippen molar-refractivity contribution in [2.75, 3.05) is 6.61 Å². The molecule has 0 aliphatic carbocycles. The number of ether oxygens (including phenoxy) is 1. The molecule has 1 aliphatic heterocycles. The van der Waals surface area contributed by atoms with Gasteiger partial charge in [0.15, 0.2) is 11.6 Å². The van der Waals surface area contributed by atoms with Crippen LogP contribution < -0.4 is 0 Å². The van der Waals surface area contributed by atoms with Crippen molar-refractivity contribution < 1.29 is 14.3 Å². The predicted molar refractivity (Wildman–Crippen MR) is 82.3 cm³/mol. The fourth-order valence-corrected chi connectivity index (χ4v) is 2.34. The molecule has 0 saturated carbocycles. The van der Waals surface area contributed by atoms with Crippen LogP contribution in [0.25, 0.3) is 0 Å². The van der Waals surface area contributed by atoms with Crippen molar-refractivity contribution in [2.45, 2.75) is 46.1 Å². The maximum Gasteiger partial charge on any atom is 0.218 e. The molecule has 0 atom stereocenters. The molecule has 112 valence electrons. The van der Waals surface area contributed by atoms with E-state index in [9.17, 15) is 9.59 Å². The van der Waals surface area contributed by atoms with Gasteiger partial charge in [-0.3, -0.25) is 9.59 Å². The van der Waals surface area contributed by atoms with Crippen LogP contribution in [0, 0.1) is 0 Å². The Morgan fingerprint density at radius 3 is 2.05 bits per heavy atom. The lowest BCUT2D eigenvalue weighted by Gasteiger charge is -2.12. The van der Waals surface area contributed by atoms with E-state index in [1.165, 1.54) is 0 Å². The Kier molecular flexibility index (Phi) is 4.26. The summed E-state index contributed by atoms with van der Waals surface area (Å²) in [6, 6.07) is 5.23. The highest BCUT2D eigenvalue weighted by Crippen LogP contribution is 2.26. The highest BCUT2D eigenvalue weighted by molar-refractivity contribution is 6.15. The maximum atomic E-state index is 12.2. The minimum Gasteiger partial charge on any atom is -0.475 e. The number of rotatable bonds is 5. The summed E-state index contributed by atoms with van der Waals surface area (Å²) in [7, 11) is 0. The Hall–Kier alpha value is -1.97. The van der Waals surface area contributed by atoms with E-state index in [4.69, 9.17) is 4.74 Å². The molecule has 0 unspecified atom stereocenters. The number of nitrogens with zero attached hydrogens (tertiary/aromatic N) is 1. The van der Waals surface area contributed by atoms with Gasteiger partial charge in [-0.05, 0) is 13.8 Å². The number of ketones is 2. The van der Waals surface area contributed by atoms with Gasteiger partial charge in [0.2, 0.25) is 5.90 Å². The number of hydrogen-bond acceptors (Lipinski definition) is 4. The summed E-state index contributed by atoms with van der Waals surface area (Å²) in [5.74, 6) is 0.396. The first kappa shape index (κ1) is 15.4. The topological polar surface area (TPSA) is 55.7 Å². The standard InChI is InChI=1S/C17H21NO3/c1-5-13(19)11-8-7-9-12(14(20)6-2)15(11)16-18-17(3,4)10-21-16/h7-9H,5-6,10H2,1-4H3. The van der Waals surface area contributed by atoms with E-state index in [1.807, 2.05) is 27.7 Å². The number of hydrogen-bond donors (Lipinski definition) is 0. The Morgan fingerprint density at radius 2 is 1.67 bits per heavy atom. The smallest absolute Gasteiger partial charge is 0.218 e. The molecule has 0 spiro atoms. The fourth-order valence-electron chi connectivity index (χ4n) is 2.34. The lowest BCUT2D eigenvalue weighted by Crippen LogP contribution is -2.17. The van der Waals surface area contributed by atoms with E-state index < -0.39 is 0 Å². The van der Waals surface area contributed by atoms with Crippen LogP contribution in [-0.2, 0) is 4.74 Å². The van der Waals surface area contributed by atoms with Crippen molar-refractivity contribution in [3.63, 3.8) is 0 Å². The molecular formula is C17H21NO3. The highest BCUT2D eigenvalue weighted by atomic mass is 16.5. The van der Waals surface area contributed by atoms with Crippen LogP contribution in [-0.4, -0.2) is 29.6 Å². The average Bonchev–Trinajstić information content (AvgIpc) is 2.84. The second kappa shape index (κ2) is 5.80. The van der Waals surface area contributed by atoms with Crippen LogP contribution in [0.4, 0.5) is 0 Å². The largest absolute Gasteiger partial charge is 0.475 e. The minimum absolute atomic E-state index is 0.00763. The zero-order valence-electron chi connectivity index (χ0n) is 13.0. The molecule has 2 rings (SSSR count). The number of benzene rings is 1. The van der Waals surface area contributed by atoms with Crippen molar-refractivity contribution in [1.29, 1.82) is 0 Å². The van der Waals surface area contributed by atoms with Crippen LogP contribution in [0.3, 0.4) is 0 Å². The van der Waals surface area contributed by atoms with Crippen LogP contribution in [0.1, 0.15) is 66.8 Å². The Balaban J connectivity index is 2.65. The first-order valence-corrected chi connectivity index (χ1v) is 7.32. The second-order valence-corrected chi connectivity index (χ2v) is 5.80. The highest BCUT2D eigenvalue weighted by Gasteiger charge is 2.31. The summed E-state index contributed by atoms with van der Waals surface area (Å²) in [5.41, 5.74) is 1.27. The van der Waals surface area contributed by atoms with Gasteiger partial charge in [0.25, 0.3) is 0 Å². The molecule has 1 aliphatic rings. The summed E-state index contributed by atoms with van der Waals surface area (Å²) >= 11 is 0. The molecule has 0 radical (unpaired) electrons. The van der Waals surface area contributed by atoms with E-state index in [2.05, 4.69) is 4.99 Å². The second-order valence-electron chi connectivity index (χ2n) is 5.80. The molecule has 4 heteroatoms. The molecule has 21 heavy (non-hydrogen) atoms. The third-order valence-electron chi connectivity index (χ3n) is 3.49. The molecule has 1 aromatic rings. The van der Waals surface area contributed by atoms with Gasteiger partial charge >= 0.3 is 0 Å². The molecule has 0 bridgehead atoms. The molecule has 1 heterocycles. The van der Waals surface area contributed by atoms with E-state index >= 15 is 0 Å². The number of carbonyl (C=O) groups is 2.